The molecular weight excluding hydrogens is 387 g/mol. The maximum atomic E-state index is 11.9. The molecule has 3 aromatic rings. The second-order valence-corrected chi connectivity index (χ2v) is 7.62. The molecular formula is C20H22Cl2N2OS. The average Bonchev–Trinajstić information content (AvgIpc) is 3.04. The number of rotatable bonds is 6. The first-order valence-electron chi connectivity index (χ1n) is 8.34. The monoisotopic (exact) mass is 408 g/mol. The number of nitrogens with one attached hydrogen (secondary N) is 2. The first-order valence-corrected chi connectivity index (χ1v) is 9.53. The minimum atomic E-state index is 0. The van der Waals surface area contributed by atoms with Gasteiger partial charge in [-0.1, -0.05) is 30.7 Å². The van der Waals surface area contributed by atoms with Gasteiger partial charge in [0.2, 0.25) is 0 Å². The Balaban J connectivity index is 0.00000243. The van der Waals surface area contributed by atoms with Gasteiger partial charge in [0, 0.05) is 44.7 Å². The Morgan fingerprint density at radius 3 is 2.69 bits per heavy atom. The van der Waals surface area contributed by atoms with Crippen LogP contribution in [0.15, 0.2) is 47.3 Å². The number of aromatic nitrogens is 1. The highest BCUT2D eigenvalue weighted by Crippen LogP contribution is 2.30. The summed E-state index contributed by atoms with van der Waals surface area (Å²) in [6, 6.07) is 14.2. The lowest BCUT2D eigenvalue weighted by molar-refractivity contribution is 0.701. The molecule has 0 aliphatic heterocycles. The summed E-state index contributed by atoms with van der Waals surface area (Å²) in [5, 5.41) is 4.21. The van der Waals surface area contributed by atoms with E-state index in [4.69, 9.17) is 11.6 Å². The van der Waals surface area contributed by atoms with Crippen molar-refractivity contribution in [1.29, 1.82) is 0 Å². The van der Waals surface area contributed by atoms with Crippen LogP contribution in [0.4, 0.5) is 0 Å². The van der Waals surface area contributed by atoms with Crippen molar-refractivity contribution in [3.8, 4) is 10.4 Å². The van der Waals surface area contributed by atoms with Crippen molar-refractivity contribution >= 4 is 35.3 Å². The van der Waals surface area contributed by atoms with Gasteiger partial charge in [-0.05, 0) is 49.2 Å². The number of pyridine rings is 1. The van der Waals surface area contributed by atoms with Crippen LogP contribution in [0.2, 0.25) is 5.02 Å². The lowest BCUT2D eigenvalue weighted by atomic mass is 10.1. The van der Waals surface area contributed by atoms with E-state index in [0.717, 1.165) is 41.4 Å². The molecule has 2 aromatic heterocycles. The van der Waals surface area contributed by atoms with E-state index >= 15 is 0 Å². The number of halogens is 2. The highest BCUT2D eigenvalue weighted by atomic mass is 35.5. The summed E-state index contributed by atoms with van der Waals surface area (Å²) in [6.07, 6.45) is 0.738. The second-order valence-electron chi connectivity index (χ2n) is 6.02. The Hall–Kier alpha value is -1.59. The number of aryl methyl sites for hydroxylation is 2. The highest BCUT2D eigenvalue weighted by molar-refractivity contribution is 7.15. The van der Waals surface area contributed by atoms with Crippen LogP contribution in [0.5, 0.6) is 0 Å². The number of H-pyrrole nitrogens is 1. The van der Waals surface area contributed by atoms with Crippen molar-refractivity contribution in [2.24, 2.45) is 0 Å². The summed E-state index contributed by atoms with van der Waals surface area (Å²) in [5.74, 6) is 0. The summed E-state index contributed by atoms with van der Waals surface area (Å²) < 4.78 is 0. The van der Waals surface area contributed by atoms with Crippen LogP contribution in [-0.4, -0.2) is 4.98 Å². The van der Waals surface area contributed by atoms with Crippen molar-refractivity contribution in [3.63, 3.8) is 0 Å². The zero-order valence-electron chi connectivity index (χ0n) is 14.8. The van der Waals surface area contributed by atoms with Crippen molar-refractivity contribution in [2.45, 2.75) is 33.4 Å². The van der Waals surface area contributed by atoms with Crippen LogP contribution in [0.1, 0.15) is 28.6 Å². The lowest BCUT2D eigenvalue weighted by Gasteiger charge is -2.06. The summed E-state index contributed by atoms with van der Waals surface area (Å²) in [4.78, 5) is 17.3. The van der Waals surface area contributed by atoms with Gasteiger partial charge in [-0.25, -0.2) is 0 Å². The quantitative estimate of drug-likeness (QED) is 0.577. The van der Waals surface area contributed by atoms with E-state index in [1.54, 1.807) is 11.3 Å². The fourth-order valence-corrected chi connectivity index (χ4v) is 4.04. The van der Waals surface area contributed by atoms with Gasteiger partial charge in [0.25, 0.3) is 5.56 Å². The largest absolute Gasteiger partial charge is 0.326 e. The van der Waals surface area contributed by atoms with Gasteiger partial charge in [0.15, 0.2) is 0 Å². The van der Waals surface area contributed by atoms with E-state index in [1.165, 1.54) is 15.3 Å². The Morgan fingerprint density at radius 2 is 1.96 bits per heavy atom. The molecule has 0 atom stereocenters. The van der Waals surface area contributed by atoms with Gasteiger partial charge in [-0.15, -0.1) is 23.7 Å². The molecule has 2 N–H and O–H groups in total. The molecule has 0 spiro atoms. The molecule has 26 heavy (non-hydrogen) atoms. The van der Waals surface area contributed by atoms with Crippen LogP contribution >= 0.6 is 35.3 Å². The van der Waals surface area contributed by atoms with Gasteiger partial charge in [-0.3, -0.25) is 4.79 Å². The zero-order chi connectivity index (χ0) is 17.8. The first-order chi connectivity index (χ1) is 12.1. The van der Waals surface area contributed by atoms with E-state index in [-0.39, 0.29) is 18.0 Å². The molecule has 0 saturated heterocycles. The number of benzene rings is 1. The topological polar surface area (TPSA) is 44.9 Å². The van der Waals surface area contributed by atoms with E-state index < -0.39 is 0 Å². The van der Waals surface area contributed by atoms with Gasteiger partial charge in [0.05, 0.1) is 0 Å². The third-order valence-electron chi connectivity index (χ3n) is 4.14. The highest BCUT2D eigenvalue weighted by Gasteiger charge is 2.09. The molecule has 3 rings (SSSR count). The zero-order valence-corrected chi connectivity index (χ0v) is 17.2. The number of hydrogen-bond acceptors (Lipinski definition) is 3. The van der Waals surface area contributed by atoms with E-state index in [1.807, 2.05) is 38.1 Å². The van der Waals surface area contributed by atoms with Gasteiger partial charge in [0.1, 0.15) is 0 Å². The van der Waals surface area contributed by atoms with Gasteiger partial charge < -0.3 is 10.3 Å². The second kappa shape index (κ2) is 9.38. The number of hydrogen-bond donors (Lipinski definition) is 2. The molecule has 0 aliphatic rings. The van der Waals surface area contributed by atoms with Crippen LogP contribution < -0.4 is 10.9 Å². The molecule has 0 amide bonds. The molecule has 1 aromatic carbocycles. The normalized spacial score (nSPS) is 10.6. The first kappa shape index (κ1) is 20.7. The fraction of sp³-hybridized carbons (Fsp3) is 0.250. The van der Waals surface area contributed by atoms with Crippen molar-refractivity contribution < 1.29 is 0 Å². The van der Waals surface area contributed by atoms with E-state index in [2.05, 4.69) is 28.5 Å². The Bertz CT molecular complexity index is 934. The molecule has 3 nitrogen and oxygen atoms in total. The van der Waals surface area contributed by atoms with Gasteiger partial charge >= 0.3 is 0 Å². The molecule has 6 heteroatoms. The summed E-state index contributed by atoms with van der Waals surface area (Å²) in [7, 11) is 0. The van der Waals surface area contributed by atoms with Crippen molar-refractivity contribution in [2.75, 3.05) is 0 Å². The molecule has 138 valence electrons. The maximum absolute atomic E-state index is 11.9. The van der Waals surface area contributed by atoms with E-state index in [9.17, 15) is 4.79 Å². The third-order valence-corrected chi connectivity index (χ3v) is 5.49. The fourth-order valence-electron chi connectivity index (χ4n) is 2.78. The molecule has 0 saturated carbocycles. The molecule has 2 heterocycles. The maximum Gasteiger partial charge on any atom is 0.251 e. The van der Waals surface area contributed by atoms with Crippen molar-refractivity contribution in [3.05, 3.63) is 79.5 Å². The van der Waals surface area contributed by atoms with Gasteiger partial charge in [-0.2, -0.15) is 0 Å². The molecule has 0 unspecified atom stereocenters. The molecule has 0 bridgehead atoms. The standard InChI is InChI=1S/C20H21ClN2OS.ClH/c1-3-15-10-18(13(2)23-20(15)24)19-8-7-17(25-19)12-22-11-14-5-4-6-16(21)9-14;/h4-10,22H,3,11-12H2,1-2H3,(H,23,24);1H. The summed E-state index contributed by atoms with van der Waals surface area (Å²) >= 11 is 7.76. The summed E-state index contributed by atoms with van der Waals surface area (Å²) in [5.41, 5.74) is 4.05. The predicted molar refractivity (Wildman–Crippen MR) is 114 cm³/mol. The summed E-state index contributed by atoms with van der Waals surface area (Å²) in [6.45, 7) is 5.54. The third kappa shape index (κ3) is 4.98. The SMILES string of the molecule is CCc1cc(-c2ccc(CNCc3cccc(Cl)c3)s2)c(C)[nH]c1=O.Cl. The Labute approximate surface area is 168 Å². The smallest absolute Gasteiger partial charge is 0.251 e. The molecule has 0 fully saturated rings. The average molecular weight is 409 g/mol. The Morgan fingerprint density at radius 1 is 1.15 bits per heavy atom. The predicted octanol–water partition coefficient (Wildman–Crippen LogP) is 5.34. The van der Waals surface area contributed by atoms with E-state index in [0.29, 0.717) is 0 Å². The van der Waals surface area contributed by atoms with Crippen LogP contribution in [0.25, 0.3) is 10.4 Å². The Kier molecular flexibility index (Phi) is 7.47. The number of thiophene rings is 1. The van der Waals surface area contributed by atoms with Crippen LogP contribution in [0.3, 0.4) is 0 Å². The molecule has 0 aliphatic carbocycles. The number of aromatic amines is 1. The minimum absolute atomic E-state index is 0. The lowest BCUT2D eigenvalue weighted by Crippen LogP contribution is -2.13. The molecule has 0 radical (unpaired) electrons. The minimum Gasteiger partial charge on any atom is -0.326 e. The van der Waals surface area contributed by atoms with Crippen LogP contribution in [0, 0.1) is 6.92 Å². The van der Waals surface area contributed by atoms with Crippen molar-refractivity contribution in [1.82, 2.24) is 10.3 Å². The van der Waals surface area contributed by atoms with Crippen LogP contribution in [-0.2, 0) is 19.5 Å².